The molecule has 14 heavy (non-hydrogen) atoms. The molecule has 2 heterocycles. The maximum absolute atomic E-state index is 4.20. The smallest absolute Gasteiger partial charge is 0.205 e. The first-order valence-electron chi connectivity index (χ1n) is 4.25. The van der Waals surface area contributed by atoms with Gasteiger partial charge in [-0.05, 0) is 6.92 Å². The highest BCUT2D eigenvalue weighted by Gasteiger charge is 1.99. The van der Waals surface area contributed by atoms with Crippen LogP contribution in [0.15, 0.2) is 10.9 Å². The Bertz CT molecular complexity index is 382. The van der Waals surface area contributed by atoms with E-state index in [1.165, 1.54) is 0 Å². The molecule has 4 nitrogen and oxygen atoms in total. The maximum atomic E-state index is 4.20. The molecule has 0 atom stereocenters. The highest BCUT2D eigenvalue weighted by atomic mass is 32.1. The summed E-state index contributed by atoms with van der Waals surface area (Å²) in [6, 6.07) is 0. The van der Waals surface area contributed by atoms with E-state index in [4.69, 9.17) is 0 Å². The molecule has 6 heteroatoms. The van der Waals surface area contributed by atoms with Gasteiger partial charge >= 0.3 is 0 Å². The van der Waals surface area contributed by atoms with Gasteiger partial charge in [-0.25, -0.2) is 4.98 Å². The molecule has 0 amide bonds. The van der Waals surface area contributed by atoms with Crippen LogP contribution in [0.1, 0.15) is 10.7 Å². The molecule has 0 spiro atoms. The number of thiazole rings is 1. The third-order valence-electron chi connectivity index (χ3n) is 1.67. The van der Waals surface area contributed by atoms with Crippen molar-refractivity contribution < 1.29 is 0 Å². The van der Waals surface area contributed by atoms with Crippen LogP contribution in [0.5, 0.6) is 0 Å². The number of hydrogen-bond donors (Lipinski definition) is 1. The molecule has 0 bridgehead atoms. The summed E-state index contributed by atoms with van der Waals surface area (Å²) < 4.78 is 0. The molecule has 0 aliphatic rings. The van der Waals surface area contributed by atoms with Gasteiger partial charge in [0.25, 0.3) is 0 Å². The first-order chi connectivity index (χ1) is 6.84. The van der Waals surface area contributed by atoms with Crippen molar-refractivity contribution in [3.8, 4) is 0 Å². The Morgan fingerprint density at radius 2 is 2.36 bits per heavy atom. The lowest BCUT2D eigenvalue weighted by atomic mass is 10.3. The van der Waals surface area contributed by atoms with Crippen LogP contribution in [0, 0.1) is 6.92 Å². The van der Waals surface area contributed by atoms with Crippen LogP contribution in [0.4, 0.5) is 5.13 Å². The first kappa shape index (κ1) is 9.54. The van der Waals surface area contributed by atoms with Crippen molar-refractivity contribution in [2.75, 3.05) is 11.9 Å². The number of nitrogens with zero attached hydrogens (tertiary/aromatic N) is 3. The second kappa shape index (κ2) is 4.47. The minimum absolute atomic E-state index is 0.859. The van der Waals surface area contributed by atoms with Crippen LogP contribution in [0.3, 0.4) is 0 Å². The molecule has 74 valence electrons. The Balaban J connectivity index is 1.78. The van der Waals surface area contributed by atoms with Gasteiger partial charge in [-0.2, -0.15) is 0 Å². The van der Waals surface area contributed by atoms with Gasteiger partial charge in [0.15, 0.2) is 0 Å². The molecule has 1 N–H and O–H groups in total. The summed E-state index contributed by atoms with van der Waals surface area (Å²) in [5, 5.41) is 15.0. The van der Waals surface area contributed by atoms with Crippen LogP contribution < -0.4 is 5.32 Å². The molecular formula is C8H10N4S2. The summed E-state index contributed by atoms with van der Waals surface area (Å²) in [6.07, 6.45) is 0.933. The van der Waals surface area contributed by atoms with Crippen LogP contribution >= 0.6 is 22.7 Å². The van der Waals surface area contributed by atoms with Crippen LogP contribution in [0.25, 0.3) is 0 Å². The van der Waals surface area contributed by atoms with Gasteiger partial charge < -0.3 is 5.32 Å². The van der Waals surface area contributed by atoms with Crippen molar-refractivity contribution in [2.24, 2.45) is 0 Å². The fourth-order valence-corrected chi connectivity index (χ4v) is 2.24. The van der Waals surface area contributed by atoms with Gasteiger partial charge in [0.2, 0.25) is 5.13 Å². The highest BCUT2D eigenvalue weighted by molar-refractivity contribution is 7.15. The Morgan fingerprint density at radius 3 is 3.00 bits per heavy atom. The molecule has 2 aromatic rings. The van der Waals surface area contributed by atoms with Crippen LogP contribution in [-0.2, 0) is 6.42 Å². The van der Waals surface area contributed by atoms with Gasteiger partial charge in [-0.1, -0.05) is 11.3 Å². The summed E-state index contributed by atoms with van der Waals surface area (Å²) >= 11 is 3.20. The lowest BCUT2D eigenvalue weighted by molar-refractivity contribution is 0.959. The minimum atomic E-state index is 0.859. The Morgan fingerprint density at radius 1 is 1.43 bits per heavy atom. The molecule has 0 aliphatic heterocycles. The van der Waals surface area contributed by atoms with E-state index in [0.717, 1.165) is 28.8 Å². The normalized spacial score (nSPS) is 10.4. The molecule has 2 aromatic heterocycles. The van der Waals surface area contributed by atoms with E-state index in [-0.39, 0.29) is 0 Å². The van der Waals surface area contributed by atoms with Crippen LogP contribution in [-0.4, -0.2) is 21.7 Å². The van der Waals surface area contributed by atoms with Crippen LogP contribution in [0.2, 0.25) is 0 Å². The summed E-state index contributed by atoms with van der Waals surface area (Å²) in [5.74, 6) is 0. The quantitative estimate of drug-likeness (QED) is 0.866. The van der Waals surface area contributed by atoms with Crippen molar-refractivity contribution in [1.82, 2.24) is 15.2 Å². The number of hydrogen-bond acceptors (Lipinski definition) is 6. The van der Waals surface area contributed by atoms with E-state index < -0.39 is 0 Å². The zero-order valence-corrected chi connectivity index (χ0v) is 9.36. The third kappa shape index (κ3) is 2.49. The highest BCUT2D eigenvalue weighted by Crippen LogP contribution is 2.13. The predicted octanol–water partition coefficient (Wildman–Crippen LogP) is 1.96. The number of nitrogens with one attached hydrogen (secondary N) is 1. The van der Waals surface area contributed by atoms with Gasteiger partial charge in [-0.3, -0.25) is 0 Å². The van der Waals surface area contributed by atoms with E-state index in [0.29, 0.717) is 0 Å². The molecule has 0 aliphatic carbocycles. The lowest BCUT2D eigenvalue weighted by Crippen LogP contribution is -2.04. The topological polar surface area (TPSA) is 50.7 Å². The number of aryl methyl sites for hydroxylation is 1. The molecule has 2 rings (SSSR count). The molecule has 0 fully saturated rings. The Labute approximate surface area is 90.0 Å². The largest absolute Gasteiger partial charge is 0.360 e. The van der Waals surface area contributed by atoms with E-state index in [2.05, 4.69) is 25.9 Å². The Kier molecular flexibility index (Phi) is 3.05. The molecular weight excluding hydrogens is 216 g/mol. The second-order valence-electron chi connectivity index (χ2n) is 2.78. The SMILES string of the molecule is Cc1nnc(NCCc2cscn2)s1. The maximum Gasteiger partial charge on any atom is 0.205 e. The van der Waals surface area contributed by atoms with E-state index in [1.807, 2.05) is 12.4 Å². The number of aromatic nitrogens is 3. The van der Waals surface area contributed by atoms with Gasteiger partial charge in [0.05, 0.1) is 11.2 Å². The lowest BCUT2D eigenvalue weighted by Gasteiger charge is -1.98. The zero-order chi connectivity index (χ0) is 9.80. The zero-order valence-electron chi connectivity index (χ0n) is 7.73. The average molecular weight is 226 g/mol. The summed E-state index contributed by atoms with van der Waals surface area (Å²) in [4.78, 5) is 4.20. The summed E-state index contributed by atoms with van der Waals surface area (Å²) in [5.41, 5.74) is 2.98. The van der Waals surface area contributed by atoms with Gasteiger partial charge in [0.1, 0.15) is 5.01 Å². The summed E-state index contributed by atoms with van der Waals surface area (Å²) in [6.45, 7) is 2.81. The van der Waals surface area contributed by atoms with Crippen molar-refractivity contribution in [1.29, 1.82) is 0 Å². The van der Waals surface area contributed by atoms with Gasteiger partial charge in [-0.15, -0.1) is 21.5 Å². The molecule has 0 unspecified atom stereocenters. The third-order valence-corrected chi connectivity index (χ3v) is 3.10. The van der Waals surface area contributed by atoms with Crippen molar-refractivity contribution in [2.45, 2.75) is 13.3 Å². The fraction of sp³-hybridized carbons (Fsp3) is 0.375. The van der Waals surface area contributed by atoms with Gasteiger partial charge in [0, 0.05) is 18.3 Å². The molecule has 0 saturated carbocycles. The molecule has 0 radical (unpaired) electrons. The standard InChI is InChI=1S/C8H10N4S2/c1-6-11-12-8(14-6)9-3-2-7-4-13-5-10-7/h4-5H,2-3H2,1H3,(H,9,12). The average Bonchev–Trinajstić information content (AvgIpc) is 2.77. The monoisotopic (exact) mass is 226 g/mol. The Hall–Kier alpha value is -1.01. The predicted molar refractivity (Wildman–Crippen MR) is 59.0 cm³/mol. The minimum Gasteiger partial charge on any atom is -0.360 e. The van der Waals surface area contributed by atoms with E-state index >= 15 is 0 Å². The van der Waals surface area contributed by atoms with E-state index in [9.17, 15) is 0 Å². The van der Waals surface area contributed by atoms with E-state index in [1.54, 1.807) is 22.7 Å². The second-order valence-corrected chi connectivity index (χ2v) is 4.68. The number of rotatable bonds is 4. The molecule has 0 saturated heterocycles. The van der Waals surface area contributed by atoms with Crippen molar-refractivity contribution in [3.63, 3.8) is 0 Å². The van der Waals surface area contributed by atoms with Crippen molar-refractivity contribution in [3.05, 3.63) is 21.6 Å². The number of anilines is 1. The van der Waals surface area contributed by atoms with Crippen molar-refractivity contribution >= 4 is 27.8 Å². The molecule has 0 aromatic carbocycles. The first-order valence-corrected chi connectivity index (χ1v) is 6.01. The summed E-state index contributed by atoms with van der Waals surface area (Å²) in [7, 11) is 0. The fourth-order valence-electron chi connectivity index (χ4n) is 1.03.